The van der Waals surface area contributed by atoms with Crippen LogP contribution in [0.5, 0.6) is 5.75 Å². The van der Waals surface area contributed by atoms with Crippen molar-refractivity contribution in [3.05, 3.63) is 59.8 Å². The minimum Gasteiger partial charge on any atom is -0.488 e. The molecule has 0 radical (unpaired) electrons. The van der Waals surface area contributed by atoms with Crippen LogP contribution in [-0.4, -0.2) is 84.3 Å². The van der Waals surface area contributed by atoms with Crippen LogP contribution in [0.3, 0.4) is 0 Å². The van der Waals surface area contributed by atoms with Gasteiger partial charge in [-0.25, -0.2) is 12.7 Å². The Bertz CT molecular complexity index is 1500. The number of amides is 2. The molecule has 216 valence electrons. The number of aliphatic hydroxyl groups excluding tert-OH is 1. The molecular weight excluding hydrogens is 532 g/mol. The zero-order chi connectivity index (χ0) is 29.2. The van der Waals surface area contributed by atoms with Gasteiger partial charge in [0.25, 0.3) is 0 Å². The Morgan fingerprint density at radius 3 is 2.67 bits per heavy atom. The molecule has 11 heteroatoms. The number of nitrogens with zero attached hydrogens (tertiary/aromatic N) is 3. The van der Waals surface area contributed by atoms with Gasteiger partial charge < -0.3 is 24.6 Å². The van der Waals surface area contributed by atoms with Gasteiger partial charge in [0.1, 0.15) is 11.9 Å². The summed E-state index contributed by atoms with van der Waals surface area (Å²) < 4.78 is 33.8. The molecule has 0 spiro atoms. The first-order chi connectivity index (χ1) is 18.9. The Hall–Kier alpha value is -3.41. The van der Waals surface area contributed by atoms with E-state index in [1.807, 2.05) is 49.0 Å². The highest BCUT2D eigenvalue weighted by Crippen LogP contribution is 2.30. The number of benzene rings is 2. The Morgan fingerprint density at radius 2 is 1.98 bits per heavy atom. The van der Waals surface area contributed by atoms with E-state index < -0.39 is 22.2 Å². The van der Waals surface area contributed by atoms with Crippen molar-refractivity contribution in [2.75, 3.05) is 38.3 Å². The summed E-state index contributed by atoms with van der Waals surface area (Å²) in [7, 11) is -0.0146. The summed E-state index contributed by atoms with van der Waals surface area (Å²) in [6.45, 7) is 3.86. The van der Waals surface area contributed by atoms with Crippen molar-refractivity contribution >= 4 is 38.4 Å². The third-order valence-electron chi connectivity index (χ3n) is 7.53. The van der Waals surface area contributed by atoms with Crippen molar-refractivity contribution < 1.29 is 27.9 Å². The smallest absolute Gasteiger partial charge is 0.228 e. The maximum absolute atomic E-state index is 13.4. The van der Waals surface area contributed by atoms with Gasteiger partial charge in [-0.15, -0.1) is 0 Å². The number of anilines is 1. The fourth-order valence-corrected chi connectivity index (χ4v) is 5.48. The molecule has 0 aliphatic carbocycles. The molecule has 1 aliphatic rings. The highest BCUT2D eigenvalue weighted by atomic mass is 32.2. The zero-order valence-electron chi connectivity index (χ0n) is 23.6. The Kier molecular flexibility index (Phi) is 8.86. The van der Waals surface area contributed by atoms with E-state index in [0.29, 0.717) is 23.5 Å². The van der Waals surface area contributed by atoms with E-state index in [0.717, 1.165) is 22.7 Å². The minimum atomic E-state index is -3.45. The normalized spacial score (nSPS) is 19.0. The first-order valence-corrected chi connectivity index (χ1v) is 15.2. The number of carbonyl (C=O) groups excluding carboxylic acids is 2. The molecule has 4 rings (SSSR count). The topological polar surface area (TPSA) is 121 Å². The predicted molar refractivity (Wildman–Crippen MR) is 155 cm³/mol. The van der Waals surface area contributed by atoms with Crippen LogP contribution in [0.1, 0.15) is 25.0 Å². The maximum Gasteiger partial charge on any atom is 0.228 e. The second kappa shape index (κ2) is 12.0. The minimum absolute atomic E-state index is 0.00800. The van der Waals surface area contributed by atoms with E-state index in [-0.39, 0.29) is 43.7 Å². The van der Waals surface area contributed by atoms with Gasteiger partial charge in [-0.05, 0) is 36.8 Å². The number of rotatable bonds is 8. The van der Waals surface area contributed by atoms with Crippen LogP contribution in [-0.2, 0) is 39.5 Å². The van der Waals surface area contributed by atoms with Gasteiger partial charge in [0.15, 0.2) is 0 Å². The monoisotopic (exact) mass is 570 g/mol. The molecule has 2 aromatic carbocycles. The summed E-state index contributed by atoms with van der Waals surface area (Å²) in [6.07, 6.45) is 2.73. The maximum atomic E-state index is 13.4. The van der Waals surface area contributed by atoms with Crippen LogP contribution in [0, 0.1) is 5.92 Å². The van der Waals surface area contributed by atoms with E-state index >= 15 is 0 Å². The van der Waals surface area contributed by atoms with Crippen molar-refractivity contribution in [2.45, 2.75) is 38.8 Å². The van der Waals surface area contributed by atoms with Crippen molar-refractivity contribution in [3.8, 4) is 5.75 Å². The van der Waals surface area contributed by atoms with E-state index in [1.165, 1.54) is 11.4 Å². The number of likely N-dealkylation sites (N-methyl/N-ethyl adjacent to an activating group) is 1. The highest BCUT2D eigenvalue weighted by Gasteiger charge is 2.32. The molecule has 2 heterocycles. The summed E-state index contributed by atoms with van der Waals surface area (Å²) in [5.74, 6) is -0.149. The summed E-state index contributed by atoms with van der Waals surface area (Å²) in [6, 6.07) is 12.6. The number of aromatic nitrogens is 1. The van der Waals surface area contributed by atoms with Crippen molar-refractivity contribution in [1.29, 1.82) is 0 Å². The van der Waals surface area contributed by atoms with Crippen molar-refractivity contribution in [3.63, 3.8) is 0 Å². The molecule has 40 heavy (non-hydrogen) atoms. The van der Waals surface area contributed by atoms with Gasteiger partial charge in [0.05, 0.1) is 38.3 Å². The van der Waals surface area contributed by atoms with Gasteiger partial charge in [0.2, 0.25) is 21.8 Å². The summed E-state index contributed by atoms with van der Waals surface area (Å²) in [5, 5.41) is 13.8. The lowest BCUT2D eigenvalue weighted by Gasteiger charge is -2.33. The van der Waals surface area contributed by atoms with E-state index in [9.17, 15) is 23.1 Å². The molecule has 0 saturated carbocycles. The number of hydrogen-bond acceptors (Lipinski definition) is 6. The molecule has 1 aliphatic heterocycles. The molecule has 0 unspecified atom stereocenters. The first-order valence-electron chi connectivity index (χ1n) is 13.3. The molecule has 0 bridgehead atoms. The molecule has 0 fully saturated rings. The fourth-order valence-electron chi connectivity index (χ4n) is 5.06. The number of fused-ring (bicyclic) bond motifs is 2. The van der Waals surface area contributed by atoms with Crippen LogP contribution in [0.15, 0.2) is 48.7 Å². The van der Waals surface area contributed by atoms with Gasteiger partial charge in [-0.1, -0.05) is 25.1 Å². The number of nitrogens with one attached hydrogen (secondary N) is 1. The lowest BCUT2D eigenvalue weighted by atomic mass is 10.0. The molecule has 3 aromatic rings. The third kappa shape index (κ3) is 6.65. The second-order valence-corrected chi connectivity index (χ2v) is 12.9. The highest BCUT2D eigenvalue weighted by molar-refractivity contribution is 7.88. The van der Waals surface area contributed by atoms with Crippen LogP contribution in [0.2, 0.25) is 0 Å². The molecular formula is C29H38N4O6S. The molecule has 0 saturated heterocycles. The Labute approximate surface area is 235 Å². The van der Waals surface area contributed by atoms with E-state index in [4.69, 9.17) is 4.74 Å². The Morgan fingerprint density at radius 1 is 1.25 bits per heavy atom. The average Bonchev–Trinajstić information content (AvgIpc) is 3.22. The number of aryl methyl sites for hydroxylation is 1. The number of carbonyl (C=O) groups is 2. The van der Waals surface area contributed by atoms with Crippen molar-refractivity contribution in [2.24, 2.45) is 13.0 Å². The first kappa shape index (κ1) is 29.6. The Balaban J connectivity index is 1.61. The van der Waals surface area contributed by atoms with Crippen LogP contribution >= 0.6 is 0 Å². The molecule has 10 nitrogen and oxygen atoms in total. The van der Waals surface area contributed by atoms with E-state index in [2.05, 4.69) is 5.32 Å². The van der Waals surface area contributed by atoms with Gasteiger partial charge in [-0.3, -0.25) is 9.59 Å². The number of hydrogen-bond donors (Lipinski definition) is 2. The van der Waals surface area contributed by atoms with Crippen LogP contribution < -0.4 is 10.1 Å². The largest absolute Gasteiger partial charge is 0.488 e. The van der Waals surface area contributed by atoms with E-state index in [1.54, 1.807) is 30.0 Å². The SMILES string of the molecule is C[C@H]1CN([C@@H](C)CO)C(=O)Cc2cc(NC(=O)Cc3cn(C)c4ccccc34)ccc2O[C@H]1CN(C)S(C)(=O)=O. The lowest BCUT2D eigenvalue weighted by Crippen LogP contribution is -2.48. The third-order valence-corrected chi connectivity index (χ3v) is 8.82. The predicted octanol–water partition coefficient (Wildman–Crippen LogP) is 2.40. The van der Waals surface area contributed by atoms with Gasteiger partial charge in [0, 0.05) is 54.9 Å². The molecule has 2 amide bonds. The summed E-state index contributed by atoms with van der Waals surface area (Å²) in [4.78, 5) is 28.0. The summed E-state index contributed by atoms with van der Waals surface area (Å²) >= 11 is 0. The molecule has 2 N–H and O–H groups in total. The summed E-state index contributed by atoms with van der Waals surface area (Å²) in [5.41, 5.74) is 3.06. The van der Waals surface area contributed by atoms with Gasteiger partial charge >= 0.3 is 0 Å². The number of para-hydroxylation sites is 1. The lowest BCUT2D eigenvalue weighted by molar-refractivity contribution is -0.134. The average molecular weight is 571 g/mol. The standard InChI is InChI=1S/C29H38N4O6S/c1-19-15-33(20(2)18-34)29(36)14-21-12-23(10-11-26(21)39-27(19)17-32(4)40(5,37)38)30-28(35)13-22-16-31(3)25-9-7-6-8-24(22)25/h6-12,16,19-20,27,34H,13-15,17-18H2,1-5H3,(H,30,35)/t19-,20-,27-/m0/s1. The molecule has 3 atom stereocenters. The number of aliphatic hydroxyl groups is 1. The fraction of sp³-hybridized carbons (Fsp3) is 0.448. The quantitative estimate of drug-likeness (QED) is 0.429. The second-order valence-electron chi connectivity index (χ2n) is 10.8. The van der Waals surface area contributed by atoms with Crippen LogP contribution in [0.25, 0.3) is 10.9 Å². The molecule has 1 aromatic heterocycles. The van der Waals surface area contributed by atoms with Crippen LogP contribution in [0.4, 0.5) is 5.69 Å². The number of ether oxygens (including phenoxy) is 1. The zero-order valence-corrected chi connectivity index (χ0v) is 24.4. The van der Waals surface area contributed by atoms with Gasteiger partial charge in [-0.2, -0.15) is 0 Å². The van der Waals surface area contributed by atoms with Crippen molar-refractivity contribution in [1.82, 2.24) is 13.8 Å². The number of sulfonamides is 1.